The zero-order valence-electron chi connectivity index (χ0n) is 9.69. The Morgan fingerprint density at radius 2 is 1.89 bits per heavy atom. The topological polar surface area (TPSA) is 89.5 Å². The molecule has 0 saturated carbocycles. The van der Waals surface area contributed by atoms with E-state index in [9.17, 15) is 20.2 Å². The van der Waals surface area contributed by atoms with E-state index in [0.717, 1.165) is 5.56 Å². The van der Waals surface area contributed by atoms with E-state index in [-0.39, 0.29) is 10.6 Å². The molecule has 2 rings (SSSR count). The smallest absolute Gasteiger partial charge is 0.269 e. The second kappa shape index (κ2) is 5.09. The van der Waals surface area contributed by atoms with Gasteiger partial charge in [0.05, 0.1) is 11.5 Å². The lowest BCUT2D eigenvalue weighted by atomic mass is 10.2. The molecule has 0 amide bonds. The first kappa shape index (κ1) is 12.4. The molecule has 1 aliphatic heterocycles. The van der Waals surface area contributed by atoms with Crippen LogP contribution in [0.1, 0.15) is 12.0 Å². The van der Waals surface area contributed by atoms with Gasteiger partial charge in [-0.05, 0) is 5.56 Å². The summed E-state index contributed by atoms with van der Waals surface area (Å²) in [6.45, 7) is 1.74. The van der Waals surface area contributed by atoms with Crippen molar-refractivity contribution in [1.29, 1.82) is 0 Å². The van der Waals surface area contributed by atoms with E-state index in [4.69, 9.17) is 0 Å². The lowest BCUT2D eigenvalue weighted by Crippen LogP contribution is -2.25. The van der Waals surface area contributed by atoms with Gasteiger partial charge in [0.15, 0.2) is 0 Å². The van der Waals surface area contributed by atoms with Crippen molar-refractivity contribution in [3.8, 4) is 0 Å². The Morgan fingerprint density at radius 1 is 1.22 bits per heavy atom. The summed E-state index contributed by atoms with van der Waals surface area (Å²) in [5.41, 5.74) is 0.993. The number of hydrogen-bond acceptors (Lipinski definition) is 5. The number of non-ortho nitro benzene ring substituents is 1. The normalized spacial score (nSPS) is 19.9. The molecule has 1 aliphatic rings. The summed E-state index contributed by atoms with van der Waals surface area (Å²) >= 11 is 0. The highest BCUT2D eigenvalue weighted by Gasteiger charge is 2.30. The molecule has 96 valence electrons. The summed E-state index contributed by atoms with van der Waals surface area (Å²) in [7, 11) is 0. The minimum Gasteiger partial charge on any atom is -0.292 e. The number of likely N-dealkylation sites (tertiary alicyclic amines) is 1. The van der Waals surface area contributed by atoms with Gasteiger partial charge in [-0.15, -0.1) is 0 Å². The van der Waals surface area contributed by atoms with Crippen molar-refractivity contribution in [2.45, 2.75) is 19.0 Å². The zero-order chi connectivity index (χ0) is 13.1. The zero-order valence-corrected chi connectivity index (χ0v) is 9.69. The Hall–Kier alpha value is -2.02. The molecule has 0 aromatic heterocycles. The molecule has 18 heavy (non-hydrogen) atoms. The van der Waals surface area contributed by atoms with Gasteiger partial charge in [0.25, 0.3) is 5.69 Å². The number of nitrogens with zero attached hydrogens (tertiary/aromatic N) is 3. The van der Waals surface area contributed by atoms with Crippen LogP contribution in [0.2, 0.25) is 0 Å². The molecule has 7 heteroatoms. The van der Waals surface area contributed by atoms with Gasteiger partial charge in [-0.25, -0.2) is 0 Å². The summed E-state index contributed by atoms with van der Waals surface area (Å²) in [4.78, 5) is 22.4. The lowest BCUT2D eigenvalue weighted by molar-refractivity contribution is -0.518. The molecule has 1 aromatic rings. The summed E-state index contributed by atoms with van der Waals surface area (Å²) in [5.74, 6) is 0. The van der Waals surface area contributed by atoms with Crippen molar-refractivity contribution in [2.75, 3.05) is 13.1 Å². The Bertz CT molecular complexity index is 460. The molecule has 0 aliphatic carbocycles. The second-order valence-electron chi connectivity index (χ2n) is 4.39. The highest BCUT2D eigenvalue weighted by molar-refractivity contribution is 5.32. The minimum absolute atomic E-state index is 0.0586. The van der Waals surface area contributed by atoms with Gasteiger partial charge >= 0.3 is 0 Å². The van der Waals surface area contributed by atoms with Crippen LogP contribution in [0.3, 0.4) is 0 Å². The molecule has 1 fully saturated rings. The van der Waals surface area contributed by atoms with E-state index >= 15 is 0 Å². The van der Waals surface area contributed by atoms with Crippen LogP contribution >= 0.6 is 0 Å². The van der Waals surface area contributed by atoms with Crippen molar-refractivity contribution < 1.29 is 9.85 Å². The van der Waals surface area contributed by atoms with E-state index in [0.29, 0.717) is 26.1 Å². The fraction of sp³-hybridized carbons (Fsp3) is 0.455. The quantitative estimate of drug-likeness (QED) is 0.596. The Balaban J connectivity index is 1.94. The Kier molecular flexibility index (Phi) is 3.52. The average molecular weight is 251 g/mol. The molecule has 0 spiro atoms. The van der Waals surface area contributed by atoms with Crippen LogP contribution < -0.4 is 0 Å². The first-order chi connectivity index (χ1) is 8.56. The standard InChI is InChI=1S/C11H13N3O4/c15-13(16)10-3-1-9(2-4-10)7-12-6-5-11(8-12)14(17)18/h1-4,11H,5-8H2. The van der Waals surface area contributed by atoms with Crippen LogP contribution in [0.25, 0.3) is 0 Å². The van der Waals surface area contributed by atoms with Crippen LogP contribution in [-0.2, 0) is 6.54 Å². The second-order valence-corrected chi connectivity index (χ2v) is 4.39. The molecule has 0 bridgehead atoms. The molecule has 1 saturated heterocycles. The largest absolute Gasteiger partial charge is 0.292 e. The molecule has 1 heterocycles. The van der Waals surface area contributed by atoms with Gasteiger partial charge in [0.1, 0.15) is 0 Å². The predicted molar refractivity (Wildman–Crippen MR) is 63.8 cm³/mol. The van der Waals surface area contributed by atoms with Crippen LogP contribution in [0, 0.1) is 20.2 Å². The van der Waals surface area contributed by atoms with Gasteiger partial charge in [-0.3, -0.25) is 25.1 Å². The van der Waals surface area contributed by atoms with E-state index in [1.807, 2.05) is 4.90 Å². The molecule has 7 nitrogen and oxygen atoms in total. The van der Waals surface area contributed by atoms with Crippen LogP contribution in [0.15, 0.2) is 24.3 Å². The Labute approximate surface area is 103 Å². The molecule has 0 N–H and O–H groups in total. The maximum Gasteiger partial charge on any atom is 0.269 e. The van der Waals surface area contributed by atoms with E-state index in [2.05, 4.69) is 0 Å². The predicted octanol–water partition coefficient (Wildman–Crippen LogP) is 1.45. The molecule has 1 aromatic carbocycles. The van der Waals surface area contributed by atoms with E-state index in [1.54, 1.807) is 12.1 Å². The van der Waals surface area contributed by atoms with Crippen LogP contribution in [0.5, 0.6) is 0 Å². The van der Waals surface area contributed by atoms with Gasteiger partial charge in [-0.1, -0.05) is 12.1 Å². The highest BCUT2D eigenvalue weighted by atomic mass is 16.6. The highest BCUT2D eigenvalue weighted by Crippen LogP contribution is 2.17. The monoisotopic (exact) mass is 251 g/mol. The van der Waals surface area contributed by atoms with E-state index < -0.39 is 11.0 Å². The molecular formula is C11H13N3O4. The number of nitro benzene ring substituents is 1. The van der Waals surface area contributed by atoms with Crippen molar-refractivity contribution in [3.05, 3.63) is 50.1 Å². The molecule has 1 atom stereocenters. The molecule has 0 radical (unpaired) electrons. The van der Waals surface area contributed by atoms with Gasteiger partial charge in [-0.2, -0.15) is 0 Å². The first-order valence-electron chi connectivity index (χ1n) is 5.65. The van der Waals surface area contributed by atoms with Crippen molar-refractivity contribution in [2.24, 2.45) is 0 Å². The summed E-state index contributed by atoms with van der Waals surface area (Å²) in [6, 6.07) is 5.81. The number of rotatable bonds is 4. The molecule has 1 unspecified atom stereocenters. The van der Waals surface area contributed by atoms with Crippen LogP contribution in [-0.4, -0.2) is 33.9 Å². The molecular weight excluding hydrogens is 238 g/mol. The minimum atomic E-state index is -0.483. The first-order valence-corrected chi connectivity index (χ1v) is 5.65. The summed E-state index contributed by atoms with van der Waals surface area (Å²) in [5, 5.41) is 21.1. The number of hydrogen-bond donors (Lipinski definition) is 0. The summed E-state index contributed by atoms with van der Waals surface area (Å²) in [6.07, 6.45) is 0.569. The van der Waals surface area contributed by atoms with Crippen LogP contribution in [0.4, 0.5) is 5.69 Å². The van der Waals surface area contributed by atoms with Gasteiger partial charge in [0.2, 0.25) is 6.04 Å². The van der Waals surface area contributed by atoms with Gasteiger partial charge in [0, 0.05) is 36.6 Å². The Morgan fingerprint density at radius 3 is 2.39 bits per heavy atom. The van der Waals surface area contributed by atoms with Crippen molar-refractivity contribution >= 4 is 5.69 Å². The fourth-order valence-electron chi connectivity index (χ4n) is 2.11. The van der Waals surface area contributed by atoms with E-state index in [1.165, 1.54) is 12.1 Å². The SMILES string of the molecule is O=[N+]([O-])c1ccc(CN2CCC([N+](=O)[O-])C2)cc1. The van der Waals surface area contributed by atoms with Crippen molar-refractivity contribution in [1.82, 2.24) is 4.90 Å². The number of nitro groups is 2. The third-order valence-electron chi connectivity index (χ3n) is 3.10. The maximum atomic E-state index is 10.6. The number of benzene rings is 1. The fourth-order valence-corrected chi connectivity index (χ4v) is 2.11. The lowest BCUT2D eigenvalue weighted by Gasteiger charge is -2.13. The van der Waals surface area contributed by atoms with Gasteiger partial charge < -0.3 is 0 Å². The third kappa shape index (κ3) is 2.80. The maximum absolute atomic E-state index is 10.6. The van der Waals surface area contributed by atoms with Crippen molar-refractivity contribution in [3.63, 3.8) is 0 Å². The average Bonchev–Trinajstić information content (AvgIpc) is 2.78. The third-order valence-corrected chi connectivity index (χ3v) is 3.10. The summed E-state index contributed by atoms with van der Waals surface area (Å²) < 4.78 is 0.